The van der Waals surface area contributed by atoms with Crippen molar-refractivity contribution in [2.45, 2.75) is 12.5 Å². The summed E-state index contributed by atoms with van der Waals surface area (Å²) in [5.41, 5.74) is 1.29. The van der Waals surface area contributed by atoms with Crippen molar-refractivity contribution in [2.75, 3.05) is 11.9 Å². The second kappa shape index (κ2) is 5.10. The van der Waals surface area contributed by atoms with Crippen LogP contribution < -0.4 is 5.32 Å². The van der Waals surface area contributed by atoms with E-state index in [1.54, 1.807) is 12.1 Å². The van der Waals surface area contributed by atoms with Gasteiger partial charge in [0.1, 0.15) is 5.75 Å². The summed E-state index contributed by atoms with van der Waals surface area (Å²) in [7, 11) is 0. The molecule has 2 rings (SSSR count). The minimum atomic E-state index is -0.574. The summed E-state index contributed by atoms with van der Waals surface area (Å²) < 4.78 is 0. The lowest BCUT2D eigenvalue weighted by Crippen LogP contribution is -2.35. The molecule has 0 bridgehead atoms. The Labute approximate surface area is 107 Å². The summed E-state index contributed by atoms with van der Waals surface area (Å²) >= 11 is 0. The molecule has 0 radical (unpaired) electrons. The fraction of sp³-hybridized carbons (Fsp3) is 0.200. The molecule has 0 aliphatic heterocycles. The Morgan fingerprint density at radius 1 is 1.00 bits per heavy atom. The molecule has 18 heavy (non-hydrogen) atoms. The zero-order valence-corrected chi connectivity index (χ0v) is 10.3. The van der Waals surface area contributed by atoms with Crippen molar-refractivity contribution in [2.24, 2.45) is 0 Å². The van der Waals surface area contributed by atoms with Crippen LogP contribution in [0.1, 0.15) is 12.5 Å². The second-order valence-electron chi connectivity index (χ2n) is 4.53. The summed E-state index contributed by atoms with van der Waals surface area (Å²) in [5, 5.41) is 22.3. The van der Waals surface area contributed by atoms with Crippen molar-refractivity contribution >= 4 is 5.69 Å². The van der Waals surface area contributed by atoms with Crippen LogP contribution in [0.3, 0.4) is 0 Å². The van der Waals surface area contributed by atoms with Gasteiger partial charge >= 0.3 is 0 Å². The zero-order chi connectivity index (χ0) is 13.0. The first kappa shape index (κ1) is 12.5. The van der Waals surface area contributed by atoms with Gasteiger partial charge in [0.25, 0.3) is 0 Å². The van der Waals surface area contributed by atoms with Crippen LogP contribution in [-0.2, 0) is 5.54 Å². The molecule has 94 valence electrons. The molecule has 2 aromatic rings. The summed E-state index contributed by atoms with van der Waals surface area (Å²) in [6.07, 6.45) is 0. The molecule has 3 heteroatoms. The van der Waals surface area contributed by atoms with Gasteiger partial charge in [-0.3, -0.25) is 0 Å². The van der Waals surface area contributed by atoms with E-state index >= 15 is 0 Å². The van der Waals surface area contributed by atoms with E-state index in [1.807, 2.05) is 49.4 Å². The molecule has 0 saturated carbocycles. The minimum Gasteiger partial charge on any atom is -0.508 e. The maximum atomic E-state index is 9.64. The number of hydrogen-bond acceptors (Lipinski definition) is 3. The van der Waals surface area contributed by atoms with E-state index in [1.165, 1.54) is 0 Å². The molecule has 0 amide bonds. The molecule has 0 saturated heterocycles. The Bertz CT molecular complexity index is 496. The lowest BCUT2D eigenvalue weighted by atomic mass is 9.92. The van der Waals surface area contributed by atoms with Gasteiger partial charge < -0.3 is 15.5 Å². The van der Waals surface area contributed by atoms with Crippen molar-refractivity contribution in [1.29, 1.82) is 0 Å². The SMILES string of the molecule is CC(CO)(Nc1ccccc1)c1ccc(O)cc1. The third kappa shape index (κ3) is 2.63. The molecule has 0 spiro atoms. The zero-order valence-electron chi connectivity index (χ0n) is 10.3. The lowest BCUT2D eigenvalue weighted by Gasteiger charge is -2.30. The predicted octanol–water partition coefficient (Wildman–Crippen LogP) is 2.71. The van der Waals surface area contributed by atoms with Crippen LogP contribution in [0.25, 0.3) is 0 Å². The third-order valence-electron chi connectivity index (χ3n) is 3.01. The van der Waals surface area contributed by atoms with E-state index in [0.717, 1.165) is 11.3 Å². The monoisotopic (exact) mass is 243 g/mol. The molecule has 1 atom stereocenters. The van der Waals surface area contributed by atoms with Crippen LogP contribution >= 0.6 is 0 Å². The van der Waals surface area contributed by atoms with Gasteiger partial charge in [0.15, 0.2) is 0 Å². The first-order valence-electron chi connectivity index (χ1n) is 5.88. The summed E-state index contributed by atoms with van der Waals surface area (Å²) in [5.74, 6) is 0.221. The standard InChI is InChI=1S/C15H17NO2/c1-15(11-17,12-7-9-14(18)10-8-12)16-13-5-3-2-4-6-13/h2-10,16-18H,11H2,1H3. The number of rotatable bonds is 4. The highest BCUT2D eigenvalue weighted by atomic mass is 16.3. The average molecular weight is 243 g/mol. The number of aliphatic hydroxyl groups excluding tert-OH is 1. The van der Waals surface area contributed by atoms with Gasteiger partial charge in [-0.2, -0.15) is 0 Å². The number of anilines is 1. The maximum absolute atomic E-state index is 9.64. The number of benzene rings is 2. The Morgan fingerprint density at radius 3 is 2.17 bits per heavy atom. The number of phenolic OH excluding ortho intramolecular Hbond substituents is 1. The number of aliphatic hydroxyl groups is 1. The molecule has 0 aliphatic rings. The Kier molecular flexibility index (Phi) is 3.53. The van der Waals surface area contributed by atoms with Crippen molar-refractivity contribution in [3.8, 4) is 5.75 Å². The highest BCUT2D eigenvalue weighted by molar-refractivity contribution is 5.48. The number of phenols is 1. The second-order valence-corrected chi connectivity index (χ2v) is 4.53. The smallest absolute Gasteiger partial charge is 0.115 e. The van der Waals surface area contributed by atoms with Crippen LogP contribution in [-0.4, -0.2) is 16.8 Å². The van der Waals surface area contributed by atoms with Crippen molar-refractivity contribution in [1.82, 2.24) is 0 Å². The van der Waals surface area contributed by atoms with Gasteiger partial charge in [0, 0.05) is 5.69 Å². The molecule has 0 fully saturated rings. The molecule has 0 aliphatic carbocycles. The normalized spacial score (nSPS) is 13.9. The quantitative estimate of drug-likeness (QED) is 0.774. The summed E-state index contributed by atoms with van der Waals surface area (Å²) in [4.78, 5) is 0. The Morgan fingerprint density at radius 2 is 1.61 bits per heavy atom. The van der Waals surface area contributed by atoms with Crippen LogP contribution in [0.2, 0.25) is 0 Å². The predicted molar refractivity (Wildman–Crippen MR) is 72.6 cm³/mol. The van der Waals surface area contributed by atoms with E-state index < -0.39 is 5.54 Å². The summed E-state index contributed by atoms with van der Waals surface area (Å²) in [6, 6.07) is 16.6. The third-order valence-corrected chi connectivity index (χ3v) is 3.01. The van der Waals surface area contributed by atoms with Crippen molar-refractivity contribution in [3.05, 3.63) is 60.2 Å². The van der Waals surface area contributed by atoms with E-state index in [0.29, 0.717) is 0 Å². The lowest BCUT2D eigenvalue weighted by molar-refractivity contribution is 0.224. The van der Waals surface area contributed by atoms with Gasteiger partial charge in [0.2, 0.25) is 0 Å². The topological polar surface area (TPSA) is 52.5 Å². The number of hydrogen-bond donors (Lipinski definition) is 3. The molecular weight excluding hydrogens is 226 g/mol. The van der Waals surface area contributed by atoms with E-state index in [2.05, 4.69) is 5.32 Å². The fourth-order valence-corrected chi connectivity index (χ4v) is 1.87. The largest absolute Gasteiger partial charge is 0.508 e. The van der Waals surface area contributed by atoms with Crippen LogP contribution in [0, 0.1) is 0 Å². The number of para-hydroxylation sites is 1. The van der Waals surface area contributed by atoms with Gasteiger partial charge in [-0.15, -0.1) is 0 Å². The number of aromatic hydroxyl groups is 1. The fourth-order valence-electron chi connectivity index (χ4n) is 1.87. The first-order chi connectivity index (χ1) is 8.64. The number of nitrogens with one attached hydrogen (secondary N) is 1. The van der Waals surface area contributed by atoms with E-state index in [9.17, 15) is 10.2 Å². The van der Waals surface area contributed by atoms with Crippen molar-refractivity contribution < 1.29 is 10.2 Å². The molecular formula is C15H17NO2. The highest BCUT2D eigenvalue weighted by Crippen LogP contribution is 2.26. The van der Waals surface area contributed by atoms with Gasteiger partial charge in [-0.25, -0.2) is 0 Å². The van der Waals surface area contributed by atoms with Crippen LogP contribution in [0.4, 0.5) is 5.69 Å². The summed E-state index contributed by atoms with van der Waals surface area (Å²) in [6.45, 7) is 1.89. The molecule has 3 N–H and O–H groups in total. The van der Waals surface area contributed by atoms with Crippen LogP contribution in [0.5, 0.6) is 5.75 Å². The van der Waals surface area contributed by atoms with E-state index in [-0.39, 0.29) is 12.4 Å². The Balaban J connectivity index is 2.28. The first-order valence-corrected chi connectivity index (χ1v) is 5.88. The van der Waals surface area contributed by atoms with E-state index in [4.69, 9.17) is 0 Å². The highest BCUT2D eigenvalue weighted by Gasteiger charge is 2.25. The Hall–Kier alpha value is -2.00. The molecule has 2 aromatic carbocycles. The van der Waals surface area contributed by atoms with Gasteiger partial charge in [0.05, 0.1) is 12.1 Å². The molecule has 3 nitrogen and oxygen atoms in total. The van der Waals surface area contributed by atoms with Gasteiger partial charge in [-0.1, -0.05) is 30.3 Å². The average Bonchev–Trinajstić information content (AvgIpc) is 2.40. The molecule has 0 aromatic heterocycles. The van der Waals surface area contributed by atoms with Crippen LogP contribution in [0.15, 0.2) is 54.6 Å². The molecule has 1 unspecified atom stereocenters. The molecule has 0 heterocycles. The van der Waals surface area contributed by atoms with Crippen molar-refractivity contribution in [3.63, 3.8) is 0 Å². The van der Waals surface area contributed by atoms with Gasteiger partial charge in [-0.05, 0) is 36.8 Å². The minimum absolute atomic E-state index is 0.0351. The maximum Gasteiger partial charge on any atom is 0.115 e.